The van der Waals surface area contributed by atoms with Gasteiger partial charge in [0.2, 0.25) is 5.91 Å². The number of rotatable bonds is 3. The van der Waals surface area contributed by atoms with Crippen molar-refractivity contribution in [3.63, 3.8) is 0 Å². The fraction of sp³-hybridized carbons (Fsp3) is 0.500. The maximum atomic E-state index is 13.2. The maximum Gasteiger partial charge on any atom is 0.244 e. The lowest BCUT2D eigenvalue weighted by molar-refractivity contribution is -0.118. The summed E-state index contributed by atoms with van der Waals surface area (Å²) in [4.78, 5) is 14.0. The lowest BCUT2D eigenvalue weighted by Crippen LogP contribution is -2.39. The predicted octanol–water partition coefficient (Wildman–Crippen LogP) is 1.99. The number of halogens is 1. The zero-order chi connectivity index (χ0) is 12.7. The topological polar surface area (TPSA) is 32.3 Å². The first-order valence-electron chi connectivity index (χ1n) is 6.49. The Hall–Kier alpha value is -1.42. The second kappa shape index (κ2) is 4.35. The summed E-state index contributed by atoms with van der Waals surface area (Å²) in [5, 5.41) is 3.36. The molecule has 96 valence electrons. The average Bonchev–Trinajstić information content (AvgIpc) is 3.09. The molecular formula is C14H17FN2O. The quantitative estimate of drug-likeness (QED) is 0.887. The molecule has 1 atom stereocenters. The van der Waals surface area contributed by atoms with E-state index in [0.29, 0.717) is 18.2 Å². The molecule has 0 spiro atoms. The van der Waals surface area contributed by atoms with Crippen LogP contribution in [0.2, 0.25) is 0 Å². The van der Waals surface area contributed by atoms with Crippen LogP contribution in [0.15, 0.2) is 18.2 Å². The fourth-order valence-electron chi connectivity index (χ4n) is 2.42. The first-order valence-corrected chi connectivity index (χ1v) is 6.49. The van der Waals surface area contributed by atoms with Crippen molar-refractivity contribution in [1.82, 2.24) is 5.32 Å². The average molecular weight is 248 g/mol. The molecule has 1 aromatic carbocycles. The van der Waals surface area contributed by atoms with E-state index in [0.717, 1.165) is 12.1 Å². The number of carbonyl (C=O) groups is 1. The number of benzene rings is 1. The maximum absolute atomic E-state index is 13.2. The predicted molar refractivity (Wildman–Crippen MR) is 68.1 cm³/mol. The highest BCUT2D eigenvalue weighted by Gasteiger charge is 2.36. The minimum Gasteiger partial charge on any atom is -0.311 e. The first kappa shape index (κ1) is 11.7. The van der Waals surface area contributed by atoms with Gasteiger partial charge in [-0.25, -0.2) is 4.39 Å². The molecule has 1 amide bonds. The van der Waals surface area contributed by atoms with Crippen molar-refractivity contribution < 1.29 is 9.18 Å². The number of nitrogens with zero attached hydrogens (tertiary/aromatic N) is 1. The van der Waals surface area contributed by atoms with Crippen LogP contribution in [0, 0.1) is 12.7 Å². The van der Waals surface area contributed by atoms with Gasteiger partial charge in [0.05, 0.1) is 6.04 Å². The van der Waals surface area contributed by atoms with Gasteiger partial charge in [-0.1, -0.05) is 0 Å². The molecule has 1 saturated heterocycles. The first-order chi connectivity index (χ1) is 8.65. The molecule has 3 nitrogen and oxygen atoms in total. The molecule has 0 bridgehead atoms. The van der Waals surface area contributed by atoms with E-state index < -0.39 is 0 Å². The Morgan fingerprint density at radius 1 is 1.33 bits per heavy atom. The van der Waals surface area contributed by atoms with E-state index in [1.54, 1.807) is 24.0 Å². The third-order valence-electron chi connectivity index (χ3n) is 3.67. The largest absolute Gasteiger partial charge is 0.311 e. The van der Waals surface area contributed by atoms with Gasteiger partial charge in [-0.2, -0.15) is 0 Å². The number of aryl methyl sites for hydroxylation is 1. The van der Waals surface area contributed by atoms with Crippen molar-refractivity contribution in [2.24, 2.45) is 0 Å². The van der Waals surface area contributed by atoms with E-state index in [1.165, 1.54) is 18.9 Å². The summed E-state index contributed by atoms with van der Waals surface area (Å²) in [5.74, 6) is -0.106. The molecule has 2 fully saturated rings. The Morgan fingerprint density at radius 3 is 2.78 bits per heavy atom. The summed E-state index contributed by atoms with van der Waals surface area (Å²) < 4.78 is 13.2. The van der Waals surface area contributed by atoms with Crippen molar-refractivity contribution >= 4 is 11.6 Å². The molecule has 1 aromatic rings. The summed E-state index contributed by atoms with van der Waals surface area (Å²) in [6, 6.07) is 5.34. The normalized spacial score (nSPS) is 23.8. The van der Waals surface area contributed by atoms with E-state index in [1.807, 2.05) is 0 Å². The van der Waals surface area contributed by atoms with Gasteiger partial charge in [0.15, 0.2) is 0 Å². The summed E-state index contributed by atoms with van der Waals surface area (Å²) in [6.45, 7) is 2.44. The Bertz CT molecular complexity index is 485. The van der Waals surface area contributed by atoms with Crippen molar-refractivity contribution in [3.8, 4) is 0 Å². The molecule has 1 saturated carbocycles. The lowest BCUT2D eigenvalue weighted by Gasteiger charge is -2.18. The van der Waals surface area contributed by atoms with Crippen LogP contribution in [-0.4, -0.2) is 24.5 Å². The minimum atomic E-state index is -0.224. The van der Waals surface area contributed by atoms with Crippen molar-refractivity contribution in [2.75, 3.05) is 11.4 Å². The molecule has 1 aliphatic carbocycles. The molecule has 1 unspecified atom stereocenters. The Morgan fingerprint density at radius 2 is 2.11 bits per heavy atom. The van der Waals surface area contributed by atoms with Gasteiger partial charge in [0, 0.05) is 18.3 Å². The third kappa shape index (κ3) is 2.12. The summed E-state index contributed by atoms with van der Waals surface area (Å²) in [7, 11) is 0. The van der Waals surface area contributed by atoms with Crippen molar-refractivity contribution in [3.05, 3.63) is 29.6 Å². The second-order valence-corrected chi connectivity index (χ2v) is 5.21. The standard InChI is InChI=1S/C14H17FN2O/c1-9-8-11(4-5-12(9)15)17-7-6-13(14(17)18)16-10-2-3-10/h4-5,8,10,13,16H,2-3,6-7H2,1H3. The van der Waals surface area contributed by atoms with E-state index in [4.69, 9.17) is 0 Å². The SMILES string of the molecule is Cc1cc(N2CCC(NC3CC3)C2=O)ccc1F. The number of hydrogen-bond acceptors (Lipinski definition) is 2. The number of nitrogens with one attached hydrogen (secondary N) is 1. The highest BCUT2D eigenvalue weighted by Crippen LogP contribution is 2.26. The van der Waals surface area contributed by atoms with E-state index in [-0.39, 0.29) is 17.8 Å². The number of anilines is 1. The van der Waals surface area contributed by atoms with Gasteiger partial charge in [0.25, 0.3) is 0 Å². The minimum absolute atomic E-state index is 0.0529. The Kier molecular flexibility index (Phi) is 2.82. The zero-order valence-corrected chi connectivity index (χ0v) is 10.4. The Labute approximate surface area is 106 Å². The highest BCUT2D eigenvalue weighted by atomic mass is 19.1. The molecule has 1 heterocycles. The summed E-state index contributed by atoms with van der Waals surface area (Å²) in [6.07, 6.45) is 3.20. The second-order valence-electron chi connectivity index (χ2n) is 5.21. The van der Waals surface area contributed by atoms with E-state index in [9.17, 15) is 9.18 Å². The van der Waals surface area contributed by atoms with Crippen LogP contribution in [0.1, 0.15) is 24.8 Å². The Balaban J connectivity index is 1.76. The van der Waals surface area contributed by atoms with Gasteiger partial charge < -0.3 is 10.2 Å². The van der Waals surface area contributed by atoms with Crippen LogP contribution >= 0.6 is 0 Å². The fourth-order valence-corrected chi connectivity index (χ4v) is 2.42. The molecular weight excluding hydrogens is 231 g/mol. The van der Waals surface area contributed by atoms with Gasteiger partial charge in [0.1, 0.15) is 5.82 Å². The van der Waals surface area contributed by atoms with Crippen LogP contribution in [0.3, 0.4) is 0 Å². The lowest BCUT2D eigenvalue weighted by atomic mass is 10.2. The zero-order valence-electron chi connectivity index (χ0n) is 10.4. The van der Waals surface area contributed by atoms with Gasteiger partial charge >= 0.3 is 0 Å². The number of amides is 1. The molecule has 3 rings (SSSR count). The van der Waals surface area contributed by atoms with Gasteiger partial charge in [-0.3, -0.25) is 4.79 Å². The third-order valence-corrected chi connectivity index (χ3v) is 3.67. The molecule has 2 aliphatic rings. The van der Waals surface area contributed by atoms with Crippen molar-refractivity contribution in [1.29, 1.82) is 0 Å². The van der Waals surface area contributed by atoms with Crippen molar-refractivity contribution in [2.45, 2.75) is 38.3 Å². The monoisotopic (exact) mass is 248 g/mol. The van der Waals surface area contributed by atoms with Gasteiger partial charge in [-0.05, 0) is 49.9 Å². The molecule has 0 radical (unpaired) electrons. The van der Waals surface area contributed by atoms with Crippen LogP contribution in [0.4, 0.5) is 10.1 Å². The van der Waals surface area contributed by atoms with Gasteiger partial charge in [-0.15, -0.1) is 0 Å². The molecule has 4 heteroatoms. The summed E-state index contributed by atoms with van der Waals surface area (Å²) in [5.41, 5.74) is 1.39. The number of carbonyl (C=O) groups excluding carboxylic acids is 1. The molecule has 18 heavy (non-hydrogen) atoms. The van der Waals surface area contributed by atoms with E-state index in [2.05, 4.69) is 5.32 Å². The van der Waals surface area contributed by atoms with Crippen LogP contribution in [0.25, 0.3) is 0 Å². The smallest absolute Gasteiger partial charge is 0.244 e. The van der Waals surface area contributed by atoms with E-state index >= 15 is 0 Å². The van der Waals surface area contributed by atoms with Crippen LogP contribution in [-0.2, 0) is 4.79 Å². The summed E-state index contributed by atoms with van der Waals surface area (Å²) >= 11 is 0. The molecule has 0 aromatic heterocycles. The molecule has 1 N–H and O–H groups in total. The van der Waals surface area contributed by atoms with Crippen LogP contribution in [0.5, 0.6) is 0 Å². The molecule has 1 aliphatic heterocycles. The highest BCUT2D eigenvalue weighted by molar-refractivity contribution is 5.99. The van der Waals surface area contributed by atoms with Crippen LogP contribution < -0.4 is 10.2 Å². The number of hydrogen-bond donors (Lipinski definition) is 1.